The van der Waals surface area contributed by atoms with Crippen molar-refractivity contribution in [3.63, 3.8) is 0 Å². The fourth-order valence-electron chi connectivity index (χ4n) is 2.56. The number of esters is 1. The van der Waals surface area contributed by atoms with Crippen molar-refractivity contribution in [2.24, 2.45) is 0 Å². The lowest BCUT2D eigenvalue weighted by Crippen LogP contribution is -2.39. The Balaban J connectivity index is 2.38. The third kappa shape index (κ3) is 1.82. The maximum Gasteiger partial charge on any atom is 0.317 e. The molecule has 0 bridgehead atoms. The predicted octanol–water partition coefficient (Wildman–Crippen LogP) is 2.46. The first-order chi connectivity index (χ1) is 7.79. The second-order valence-corrected chi connectivity index (χ2v) is 4.35. The minimum absolute atomic E-state index is 0.133. The second-order valence-electron chi connectivity index (χ2n) is 4.35. The van der Waals surface area contributed by atoms with Gasteiger partial charge in [-0.3, -0.25) is 9.78 Å². The Bertz CT molecular complexity index is 355. The van der Waals surface area contributed by atoms with Gasteiger partial charge in [-0.05, 0) is 25.0 Å². The fraction of sp³-hybridized carbons (Fsp3) is 0.538. The molecular weight excluding hydrogens is 202 g/mol. The van der Waals surface area contributed by atoms with Crippen LogP contribution >= 0.6 is 0 Å². The highest BCUT2D eigenvalue weighted by molar-refractivity contribution is 5.82. The summed E-state index contributed by atoms with van der Waals surface area (Å²) in [5.41, 5.74) is 0.371. The summed E-state index contributed by atoms with van der Waals surface area (Å²) < 4.78 is 4.97. The summed E-state index contributed by atoms with van der Waals surface area (Å²) in [4.78, 5) is 16.4. The minimum atomic E-state index is -0.492. The van der Waals surface area contributed by atoms with E-state index in [1.54, 1.807) is 6.20 Å². The highest BCUT2D eigenvalue weighted by Crippen LogP contribution is 2.39. The molecule has 1 heterocycles. The van der Waals surface area contributed by atoms with Gasteiger partial charge in [0.2, 0.25) is 0 Å². The van der Waals surface area contributed by atoms with E-state index < -0.39 is 5.41 Å². The molecule has 0 atom stereocenters. The van der Waals surface area contributed by atoms with Gasteiger partial charge in [0.15, 0.2) is 0 Å². The van der Waals surface area contributed by atoms with Crippen molar-refractivity contribution >= 4 is 5.97 Å². The summed E-state index contributed by atoms with van der Waals surface area (Å²) in [6.45, 7) is 0. The summed E-state index contributed by atoms with van der Waals surface area (Å²) in [5, 5.41) is 0. The number of carbonyl (C=O) groups is 1. The van der Waals surface area contributed by atoms with Crippen LogP contribution < -0.4 is 0 Å². The largest absolute Gasteiger partial charge is 0.468 e. The standard InChI is InChI=1S/C13H17NO2/c1-16-12(15)13(8-4-2-5-9-13)11-7-3-6-10-14-11/h3,6-7,10H,2,4-5,8-9H2,1H3. The van der Waals surface area contributed by atoms with Crippen molar-refractivity contribution in [2.45, 2.75) is 37.5 Å². The van der Waals surface area contributed by atoms with Crippen molar-refractivity contribution in [3.8, 4) is 0 Å². The maximum atomic E-state index is 12.0. The van der Waals surface area contributed by atoms with Crippen LogP contribution in [0.5, 0.6) is 0 Å². The molecule has 3 nitrogen and oxygen atoms in total. The van der Waals surface area contributed by atoms with Crippen LogP contribution in [0.1, 0.15) is 37.8 Å². The van der Waals surface area contributed by atoms with Gasteiger partial charge in [-0.15, -0.1) is 0 Å². The van der Waals surface area contributed by atoms with Gasteiger partial charge in [-0.25, -0.2) is 0 Å². The number of methoxy groups -OCH3 is 1. The molecule has 1 aromatic rings. The summed E-state index contributed by atoms with van der Waals surface area (Å²) in [7, 11) is 1.46. The normalized spacial score (nSPS) is 19.1. The number of rotatable bonds is 2. The SMILES string of the molecule is COC(=O)C1(c2ccccn2)CCCCC1. The van der Waals surface area contributed by atoms with Crippen LogP contribution in [0.3, 0.4) is 0 Å². The first kappa shape index (κ1) is 11.1. The summed E-state index contributed by atoms with van der Waals surface area (Å²) >= 11 is 0. The van der Waals surface area contributed by atoms with Gasteiger partial charge in [-0.2, -0.15) is 0 Å². The smallest absolute Gasteiger partial charge is 0.317 e. The molecule has 86 valence electrons. The molecule has 1 aliphatic carbocycles. The first-order valence-electron chi connectivity index (χ1n) is 5.79. The highest BCUT2D eigenvalue weighted by atomic mass is 16.5. The number of hydrogen-bond donors (Lipinski definition) is 0. The average molecular weight is 219 g/mol. The molecule has 0 aliphatic heterocycles. The zero-order valence-electron chi connectivity index (χ0n) is 9.61. The van der Waals surface area contributed by atoms with E-state index in [-0.39, 0.29) is 5.97 Å². The fourth-order valence-corrected chi connectivity index (χ4v) is 2.56. The van der Waals surface area contributed by atoms with Crippen molar-refractivity contribution in [1.29, 1.82) is 0 Å². The van der Waals surface area contributed by atoms with E-state index in [4.69, 9.17) is 4.74 Å². The number of pyridine rings is 1. The zero-order valence-corrected chi connectivity index (χ0v) is 9.61. The monoisotopic (exact) mass is 219 g/mol. The van der Waals surface area contributed by atoms with Gasteiger partial charge in [-0.1, -0.05) is 25.3 Å². The Morgan fingerprint density at radius 2 is 2.06 bits per heavy atom. The van der Waals surface area contributed by atoms with Crippen molar-refractivity contribution in [2.75, 3.05) is 7.11 Å². The van der Waals surface area contributed by atoms with E-state index in [1.165, 1.54) is 13.5 Å². The Hall–Kier alpha value is -1.38. The van der Waals surface area contributed by atoms with Crippen LogP contribution in [0, 0.1) is 0 Å². The number of carbonyl (C=O) groups excluding carboxylic acids is 1. The van der Waals surface area contributed by atoms with Crippen LogP contribution in [0.25, 0.3) is 0 Å². The molecule has 16 heavy (non-hydrogen) atoms. The lowest BCUT2D eigenvalue weighted by atomic mass is 9.71. The van der Waals surface area contributed by atoms with Crippen LogP contribution in [0.4, 0.5) is 0 Å². The van der Waals surface area contributed by atoms with Gasteiger partial charge in [0.05, 0.1) is 12.8 Å². The molecule has 3 heteroatoms. The second kappa shape index (κ2) is 4.64. The average Bonchev–Trinajstić information content (AvgIpc) is 2.39. The van der Waals surface area contributed by atoms with E-state index in [2.05, 4.69) is 4.98 Å². The molecule has 0 radical (unpaired) electrons. The summed E-state index contributed by atoms with van der Waals surface area (Å²) in [6, 6.07) is 5.74. The van der Waals surface area contributed by atoms with Crippen molar-refractivity contribution in [3.05, 3.63) is 30.1 Å². The van der Waals surface area contributed by atoms with Crippen molar-refractivity contribution in [1.82, 2.24) is 4.98 Å². The predicted molar refractivity (Wildman–Crippen MR) is 61.0 cm³/mol. The molecular formula is C13H17NO2. The van der Waals surface area contributed by atoms with Gasteiger partial charge >= 0.3 is 5.97 Å². The van der Waals surface area contributed by atoms with E-state index in [9.17, 15) is 4.79 Å². The van der Waals surface area contributed by atoms with Crippen LogP contribution in [0.2, 0.25) is 0 Å². The van der Waals surface area contributed by atoms with E-state index in [0.717, 1.165) is 31.4 Å². The molecule has 1 fully saturated rings. The van der Waals surface area contributed by atoms with E-state index >= 15 is 0 Å². The lowest BCUT2D eigenvalue weighted by molar-refractivity contribution is -0.149. The Morgan fingerprint density at radius 1 is 1.31 bits per heavy atom. The van der Waals surface area contributed by atoms with Gasteiger partial charge in [0.1, 0.15) is 5.41 Å². The molecule has 0 N–H and O–H groups in total. The van der Waals surface area contributed by atoms with E-state index in [0.29, 0.717) is 0 Å². The van der Waals surface area contributed by atoms with Crippen LogP contribution in [-0.2, 0) is 14.9 Å². The molecule has 1 aliphatic rings. The number of ether oxygens (including phenoxy) is 1. The molecule has 0 aromatic carbocycles. The number of nitrogens with zero attached hydrogens (tertiary/aromatic N) is 1. The highest BCUT2D eigenvalue weighted by Gasteiger charge is 2.43. The number of hydrogen-bond acceptors (Lipinski definition) is 3. The third-order valence-corrected chi connectivity index (χ3v) is 3.44. The molecule has 1 aromatic heterocycles. The molecule has 0 amide bonds. The number of aromatic nitrogens is 1. The van der Waals surface area contributed by atoms with E-state index in [1.807, 2.05) is 18.2 Å². The topological polar surface area (TPSA) is 39.2 Å². The minimum Gasteiger partial charge on any atom is -0.468 e. The Morgan fingerprint density at radius 3 is 2.62 bits per heavy atom. The molecule has 0 unspecified atom stereocenters. The Kier molecular flexibility index (Phi) is 3.22. The molecule has 2 rings (SSSR count). The summed E-state index contributed by atoms with van der Waals surface area (Å²) in [6.07, 6.45) is 6.81. The van der Waals surface area contributed by atoms with Crippen LogP contribution in [-0.4, -0.2) is 18.1 Å². The summed E-state index contributed by atoms with van der Waals surface area (Å²) in [5.74, 6) is -0.133. The zero-order chi connectivity index (χ0) is 11.4. The van der Waals surface area contributed by atoms with Crippen LogP contribution in [0.15, 0.2) is 24.4 Å². The van der Waals surface area contributed by atoms with Gasteiger partial charge in [0, 0.05) is 6.20 Å². The maximum absolute atomic E-state index is 12.0. The Labute approximate surface area is 95.8 Å². The van der Waals surface area contributed by atoms with Gasteiger partial charge < -0.3 is 4.74 Å². The first-order valence-corrected chi connectivity index (χ1v) is 5.79. The molecule has 0 spiro atoms. The lowest BCUT2D eigenvalue weighted by Gasteiger charge is -2.33. The van der Waals surface area contributed by atoms with Crippen molar-refractivity contribution < 1.29 is 9.53 Å². The molecule has 1 saturated carbocycles. The quantitative estimate of drug-likeness (QED) is 0.717. The van der Waals surface area contributed by atoms with Gasteiger partial charge in [0.25, 0.3) is 0 Å². The molecule has 0 saturated heterocycles. The third-order valence-electron chi connectivity index (χ3n) is 3.44.